The second kappa shape index (κ2) is 5.99. The minimum Gasteiger partial charge on any atom is -0.377 e. The Bertz CT molecular complexity index is 634. The van der Waals surface area contributed by atoms with Crippen LogP contribution in [-0.4, -0.2) is 40.8 Å². The highest BCUT2D eigenvalue weighted by Gasteiger charge is 2.30. The summed E-state index contributed by atoms with van der Waals surface area (Å²) in [6, 6.07) is 4.03. The van der Waals surface area contributed by atoms with Crippen molar-refractivity contribution in [3.8, 4) is 0 Å². The van der Waals surface area contributed by atoms with Gasteiger partial charge in [0.2, 0.25) is 5.91 Å². The third-order valence-corrected chi connectivity index (χ3v) is 4.77. The van der Waals surface area contributed by atoms with Crippen molar-refractivity contribution in [2.24, 2.45) is 0 Å². The summed E-state index contributed by atoms with van der Waals surface area (Å²) in [6.07, 6.45) is 2.25. The summed E-state index contributed by atoms with van der Waals surface area (Å²) in [5.74, 6) is 0.152. The van der Waals surface area contributed by atoms with E-state index in [1.165, 1.54) is 4.88 Å². The first-order valence-electron chi connectivity index (χ1n) is 7.07. The quantitative estimate of drug-likeness (QED) is 0.946. The second-order valence-corrected chi connectivity index (χ2v) is 6.71. The van der Waals surface area contributed by atoms with Gasteiger partial charge < -0.3 is 9.64 Å². The lowest BCUT2D eigenvalue weighted by atomic mass is 10.1. The molecule has 21 heavy (non-hydrogen) atoms. The first-order valence-corrected chi connectivity index (χ1v) is 7.89. The number of nitrogens with one attached hydrogen (secondary N) is 1. The number of aromatic amines is 1. The van der Waals surface area contributed by atoms with E-state index < -0.39 is 0 Å². The highest BCUT2D eigenvalue weighted by Crippen LogP contribution is 2.26. The summed E-state index contributed by atoms with van der Waals surface area (Å²) >= 11 is 1.68. The van der Waals surface area contributed by atoms with Crippen LogP contribution in [0.25, 0.3) is 0 Å². The van der Waals surface area contributed by atoms with Gasteiger partial charge in [0.15, 0.2) is 0 Å². The monoisotopic (exact) mass is 305 g/mol. The molecule has 5 nitrogen and oxygen atoms in total. The van der Waals surface area contributed by atoms with Crippen molar-refractivity contribution in [3.63, 3.8) is 0 Å². The zero-order chi connectivity index (χ0) is 14.8. The smallest absolute Gasteiger partial charge is 0.228 e. The van der Waals surface area contributed by atoms with Crippen molar-refractivity contribution in [3.05, 3.63) is 39.3 Å². The number of amides is 1. The molecular formula is C15H19N3O2S. The van der Waals surface area contributed by atoms with Crippen molar-refractivity contribution in [1.82, 2.24) is 15.1 Å². The summed E-state index contributed by atoms with van der Waals surface area (Å²) < 4.78 is 5.56. The van der Waals surface area contributed by atoms with Crippen molar-refractivity contribution in [2.75, 3.05) is 19.8 Å². The van der Waals surface area contributed by atoms with Gasteiger partial charge in [-0.25, -0.2) is 0 Å². The van der Waals surface area contributed by atoms with Gasteiger partial charge in [-0.3, -0.25) is 9.89 Å². The van der Waals surface area contributed by atoms with Crippen molar-refractivity contribution >= 4 is 17.2 Å². The first kappa shape index (κ1) is 14.3. The molecule has 3 heterocycles. The standard InChI is InChI=1S/C15H19N3O2S/c1-10-8-16-17-15(10)13-9-20-6-5-18(13)14(19)7-12-4-3-11(2)21-12/h3-4,8,13H,5-7,9H2,1-2H3,(H,16,17)/t13-/m0/s1. The molecule has 0 unspecified atom stereocenters. The van der Waals surface area contributed by atoms with E-state index in [9.17, 15) is 4.79 Å². The highest BCUT2D eigenvalue weighted by atomic mass is 32.1. The molecule has 0 radical (unpaired) electrons. The number of ether oxygens (including phenoxy) is 1. The van der Waals surface area contributed by atoms with Gasteiger partial charge in [-0.1, -0.05) is 0 Å². The van der Waals surface area contributed by atoms with Gasteiger partial charge in [-0.05, 0) is 31.5 Å². The van der Waals surface area contributed by atoms with Crippen molar-refractivity contribution in [2.45, 2.75) is 26.3 Å². The molecule has 2 aromatic rings. The van der Waals surface area contributed by atoms with Crippen LogP contribution in [0.15, 0.2) is 18.3 Å². The van der Waals surface area contributed by atoms with Crippen molar-refractivity contribution in [1.29, 1.82) is 0 Å². The van der Waals surface area contributed by atoms with Crippen LogP contribution in [0.4, 0.5) is 0 Å². The second-order valence-electron chi connectivity index (χ2n) is 5.33. The maximum atomic E-state index is 12.6. The average molecular weight is 305 g/mol. The molecule has 6 heteroatoms. The molecule has 0 saturated carbocycles. The van der Waals surface area contributed by atoms with E-state index in [0.717, 1.165) is 16.1 Å². The van der Waals surface area contributed by atoms with Crippen LogP contribution in [0.5, 0.6) is 0 Å². The summed E-state index contributed by atoms with van der Waals surface area (Å²) in [4.78, 5) is 16.9. The van der Waals surface area contributed by atoms with E-state index >= 15 is 0 Å². The van der Waals surface area contributed by atoms with Crippen molar-refractivity contribution < 1.29 is 9.53 Å². The van der Waals surface area contributed by atoms with Gasteiger partial charge in [0.1, 0.15) is 0 Å². The first-order chi connectivity index (χ1) is 10.1. The van der Waals surface area contributed by atoms with Gasteiger partial charge in [0.25, 0.3) is 0 Å². The predicted octanol–water partition coefficient (Wildman–Crippen LogP) is 2.23. The Labute approximate surface area is 127 Å². The fourth-order valence-electron chi connectivity index (χ4n) is 2.67. The van der Waals surface area contributed by atoms with E-state index in [1.54, 1.807) is 17.5 Å². The van der Waals surface area contributed by atoms with Gasteiger partial charge in [-0.2, -0.15) is 5.10 Å². The molecule has 112 valence electrons. The summed E-state index contributed by atoms with van der Waals surface area (Å²) in [5.41, 5.74) is 2.04. The number of thiophene rings is 1. The molecule has 1 N–H and O–H groups in total. The molecule has 0 aromatic carbocycles. The number of hydrogen-bond acceptors (Lipinski definition) is 4. The van der Waals surface area contributed by atoms with Crippen LogP contribution in [0.2, 0.25) is 0 Å². The molecule has 0 aliphatic carbocycles. The molecule has 1 atom stereocenters. The highest BCUT2D eigenvalue weighted by molar-refractivity contribution is 7.12. The van der Waals surface area contributed by atoms with Gasteiger partial charge in [-0.15, -0.1) is 11.3 Å². The van der Waals surface area contributed by atoms with E-state index in [2.05, 4.69) is 23.2 Å². The molecular weight excluding hydrogens is 286 g/mol. The maximum Gasteiger partial charge on any atom is 0.228 e. The minimum absolute atomic E-state index is 0.0604. The Hall–Kier alpha value is -1.66. The minimum atomic E-state index is -0.0604. The Balaban J connectivity index is 1.77. The topological polar surface area (TPSA) is 58.2 Å². The average Bonchev–Trinajstić information content (AvgIpc) is 3.07. The van der Waals surface area contributed by atoms with Crippen LogP contribution < -0.4 is 0 Å². The largest absolute Gasteiger partial charge is 0.377 e. The molecule has 2 aromatic heterocycles. The van der Waals surface area contributed by atoms with E-state index in [0.29, 0.717) is 26.2 Å². The fourth-order valence-corrected chi connectivity index (χ4v) is 3.55. The summed E-state index contributed by atoms with van der Waals surface area (Å²) in [7, 11) is 0. The Morgan fingerprint density at radius 3 is 3.05 bits per heavy atom. The lowest BCUT2D eigenvalue weighted by Crippen LogP contribution is -2.44. The molecule has 1 amide bonds. The molecule has 3 rings (SSSR count). The number of aryl methyl sites for hydroxylation is 2. The lowest BCUT2D eigenvalue weighted by Gasteiger charge is -2.35. The fraction of sp³-hybridized carbons (Fsp3) is 0.467. The maximum absolute atomic E-state index is 12.6. The molecule has 1 aliphatic rings. The zero-order valence-corrected chi connectivity index (χ0v) is 13.1. The van der Waals surface area contributed by atoms with Crippen LogP contribution in [0.3, 0.4) is 0 Å². The van der Waals surface area contributed by atoms with Crippen LogP contribution in [0.1, 0.15) is 27.1 Å². The van der Waals surface area contributed by atoms with E-state index in [4.69, 9.17) is 4.74 Å². The number of rotatable bonds is 3. The Morgan fingerprint density at radius 1 is 1.52 bits per heavy atom. The predicted molar refractivity (Wildman–Crippen MR) is 81.4 cm³/mol. The van der Waals surface area contributed by atoms with Crippen LogP contribution >= 0.6 is 11.3 Å². The SMILES string of the molecule is Cc1ccc(CC(=O)N2CCOC[C@H]2c2[nH]ncc2C)s1. The van der Waals surface area contributed by atoms with Gasteiger partial charge in [0.05, 0.1) is 37.6 Å². The molecule has 0 spiro atoms. The van der Waals surface area contributed by atoms with Gasteiger partial charge >= 0.3 is 0 Å². The number of carbonyl (C=O) groups excluding carboxylic acids is 1. The van der Waals surface area contributed by atoms with Crippen LogP contribution in [-0.2, 0) is 16.0 Å². The number of morpholine rings is 1. The number of hydrogen-bond donors (Lipinski definition) is 1. The number of H-pyrrole nitrogens is 1. The molecule has 1 saturated heterocycles. The molecule has 0 bridgehead atoms. The van der Waals surface area contributed by atoms with E-state index in [1.807, 2.05) is 17.9 Å². The van der Waals surface area contributed by atoms with Gasteiger partial charge in [0, 0.05) is 16.3 Å². The Morgan fingerprint density at radius 2 is 2.38 bits per heavy atom. The molecule has 1 aliphatic heterocycles. The third kappa shape index (κ3) is 3.01. The van der Waals surface area contributed by atoms with E-state index in [-0.39, 0.29) is 11.9 Å². The Kier molecular flexibility index (Phi) is 4.07. The zero-order valence-electron chi connectivity index (χ0n) is 12.3. The number of aromatic nitrogens is 2. The number of nitrogens with zero attached hydrogens (tertiary/aromatic N) is 2. The summed E-state index contributed by atoms with van der Waals surface area (Å²) in [6.45, 7) is 5.81. The molecule has 1 fully saturated rings. The number of carbonyl (C=O) groups is 1. The lowest BCUT2D eigenvalue weighted by molar-refractivity contribution is -0.139. The van der Waals surface area contributed by atoms with Crippen LogP contribution in [0, 0.1) is 13.8 Å². The normalized spacial score (nSPS) is 19.0. The summed E-state index contributed by atoms with van der Waals surface area (Å²) in [5, 5.41) is 7.07. The third-order valence-electron chi connectivity index (χ3n) is 3.77.